The molecule has 204 valence electrons. The van der Waals surface area contributed by atoms with Gasteiger partial charge in [0.15, 0.2) is 5.78 Å². The van der Waals surface area contributed by atoms with Gasteiger partial charge in [-0.3, -0.25) is 14.4 Å². The maximum atomic E-state index is 13.4. The first-order valence-corrected chi connectivity index (χ1v) is 12.8. The summed E-state index contributed by atoms with van der Waals surface area (Å²) in [5.74, 6) is -7.04. The molecule has 2 saturated heterocycles. The average Bonchev–Trinajstić information content (AvgIpc) is 3.12. The minimum Gasteiger partial charge on any atom is -0.467 e. The van der Waals surface area contributed by atoms with Gasteiger partial charge in [-0.1, -0.05) is 27.7 Å². The summed E-state index contributed by atoms with van der Waals surface area (Å²) >= 11 is 0. The fourth-order valence-corrected chi connectivity index (χ4v) is 8.58. The lowest BCUT2D eigenvalue weighted by molar-refractivity contribution is -0.295. The van der Waals surface area contributed by atoms with Gasteiger partial charge in [-0.25, -0.2) is 9.59 Å². The van der Waals surface area contributed by atoms with Crippen molar-refractivity contribution >= 4 is 29.5 Å². The van der Waals surface area contributed by atoms with Crippen molar-refractivity contribution in [2.45, 2.75) is 77.0 Å². The number of methoxy groups -OCH3 is 1. The first kappa shape index (κ1) is 26.2. The van der Waals surface area contributed by atoms with E-state index < -0.39 is 94.0 Å². The van der Waals surface area contributed by atoms with Crippen LogP contribution in [0.25, 0.3) is 0 Å². The van der Waals surface area contributed by atoms with Gasteiger partial charge in [0.1, 0.15) is 12.2 Å². The van der Waals surface area contributed by atoms with Crippen LogP contribution >= 0.6 is 0 Å². The molecule has 5 aliphatic rings. The summed E-state index contributed by atoms with van der Waals surface area (Å²) in [7, 11) is 1.10. The Morgan fingerprint density at radius 3 is 2.46 bits per heavy atom. The van der Waals surface area contributed by atoms with Crippen molar-refractivity contribution in [1.29, 1.82) is 0 Å². The molecule has 0 radical (unpaired) electrons. The molecule has 11 nitrogen and oxygen atoms in total. The van der Waals surface area contributed by atoms with Crippen LogP contribution in [0.5, 0.6) is 0 Å². The summed E-state index contributed by atoms with van der Waals surface area (Å²) < 4.78 is 22.6. The molecule has 37 heavy (non-hydrogen) atoms. The summed E-state index contributed by atoms with van der Waals surface area (Å²) in [6.45, 7) is 6.84. The Kier molecular flexibility index (Phi) is 5.90. The van der Waals surface area contributed by atoms with Crippen LogP contribution in [0, 0.1) is 40.4 Å². The minimum atomic E-state index is -2.20. The lowest BCUT2D eigenvalue weighted by atomic mass is 9.37. The van der Waals surface area contributed by atoms with E-state index >= 15 is 0 Å². The number of ketones is 2. The summed E-state index contributed by atoms with van der Waals surface area (Å²) in [4.78, 5) is 64.9. The Balaban J connectivity index is 1.71. The Morgan fingerprint density at radius 2 is 1.84 bits per heavy atom. The average molecular weight is 523 g/mol. The molecule has 0 aromatic heterocycles. The zero-order valence-electron chi connectivity index (χ0n) is 21.6. The quantitative estimate of drug-likeness (QED) is 0.290. The molecule has 5 fully saturated rings. The molecule has 2 heterocycles. The molecular formula is C26H34O11. The smallest absolute Gasteiger partial charge is 0.348 e. The number of fused-ring (bicyclic) bond motifs is 2. The molecule has 2 bridgehead atoms. The largest absolute Gasteiger partial charge is 0.467 e. The molecule has 0 amide bonds. The van der Waals surface area contributed by atoms with Crippen molar-refractivity contribution in [3.63, 3.8) is 0 Å². The molecule has 2 unspecified atom stereocenters. The van der Waals surface area contributed by atoms with E-state index in [9.17, 15) is 34.2 Å². The van der Waals surface area contributed by atoms with Gasteiger partial charge in [0.2, 0.25) is 17.5 Å². The van der Waals surface area contributed by atoms with Crippen molar-refractivity contribution in [2.24, 2.45) is 40.4 Å². The van der Waals surface area contributed by atoms with Crippen molar-refractivity contribution in [3.8, 4) is 0 Å². The standard InChI is InChI=1S/C26H34O11/c1-10(2)6-15(28)37-18-20-25-9-35-26(20,23(33)34-5)21(31)17(30)19(25)24(4)8-13(27)16(29)11(3)12(24)7-14(25)36-22(18)32/h10-12,14,17-21,30-31H,6-9H2,1-5H3/t11?,12-,14+,17+,18+,19+,20+,21-,24-,25+,26?/m0/s1. The molecular weight excluding hydrogens is 488 g/mol. The number of carbonyl (C=O) groups excluding carboxylic acids is 5. The van der Waals surface area contributed by atoms with E-state index in [1.54, 1.807) is 27.7 Å². The van der Waals surface area contributed by atoms with Gasteiger partial charge in [-0.2, -0.15) is 0 Å². The molecule has 5 rings (SSSR count). The fourth-order valence-electron chi connectivity index (χ4n) is 8.58. The zero-order chi connectivity index (χ0) is 27.2. The Bertz CT molecular complexity index is 1070. The van der Waals surface area contributed by atoms with E-state index in [0.717, 1.165) is 7.11 Å². The van der Waals surface area contributed by atoms with E-state index in [-0.39, 0.29) is 31.8 Å². The predicted octanol–water partition coefficient (Wildman–Crippen LogP) is -0.0299. The van der Waals surface area contributed by atoms with E-state index in [4.69, 9.17) is 18.9 Å². The lowest BCUT2D eigenvalue weighted by Crippen LogP contribution is -2.79. The fraction of sp³-hybridized carbons (Fsp3) is 0.808. The molecule has 1 spiro atoms. The number of Topliss-reactive ketones (excluding diaryl/α,β-unsaturated/α-hetero) is 2. The van der Waals surface area contributed by atoms with Crippen LogP contribution in [0.2, 0.25) is 0 Å². The number of aliphatic hydroxyl groups is 2. The highest BCUT2D eigenvalue weighted by Crippen LogP contribution is 2.72. The summed E-state index contributed by atoms with van der Waals surface area (Å²) in [5, 5.41) is 23.1. The van der Waals surface area contributed by atoms with Crippen LogP contribution in [-0.2, 0) is 42.9 Å². The molecule has 11 heteroatoms. The van der Waals surface area contributed by atoms with E-state index in [1.807, 2.05) is 0 Å². The number of ether oxygens (including phenoxy) is 4. The third kappa shape index (κ3) is 3.13. The number of hydrogen-bond acceptors (Lipinski definition) is 11. The van der Waals surface area contributed by atoms with Crippen LogP contribution < -0.4 is 0 Å². The molecule has 0 aromatic rings. The minimum absolute atomic E-state index is 0.00152. The van der Waals surface area contributed by atoms with Crippen LogP contribution in [0.1, 0.15) is 47.0 Å². The van der Waals surface area contributed by atoms with Crippen LogP contribution in [-0.4, -0.2) is 83.4 Å². The predicted molar refractivity (Wildman–Crippen MR) is 121 cm³/mol. The second-order valence-electron chi connectivity index (χ2n) is 12.1. The molecule has 2 N–H and O–H groups in total. The number of esters is 3. The lowest BCUT2D eigenvalue weighted by Gasteiger charge is -2.67. The van der Waals surface area contributed by atoms with Gasteiger partial charge >= 0.3 is 17.9 Å². The van der Waals surface area contributed by atoms with Gasteiger partial charge in [-0.15, -0.1) is 0 Å². The molecule has 11 atom stereocenters. The van der Waals surface area contributed by atoms with Crippen molar-refractivity contribution in [2.75, 3.05) is 13.7 Å². The highest BCUT2D eigenvalue weighted by Gasteiger charge is 2.85. The normalized spacial score (nSPS) is 48.2. The highest BCUT2D eigenvalue weighted by atomic mass is 16.6. The van der Waals surface area contributed by atoms with Gasteiger partial charge in [-0.05, 0) is 23.7 Å². The maximum Gasteiger partial charge on any atom is 0.348 e. The number of carbonyl (C=O) groups is 5. The van der Waals surface area contributed by atoms with E-state index in [0.29, 0.717) is 0 Å². The highest BCUT2D eigenvalue weighted by molar-refractivity contribution is 6.38. The van der Waals surface area contributed by atoms with E-state index in [2.05, 4.69) is 0 Å². The Labute approximate surface area is 214 Å². The topological polar surface area (TPSA) is 163 Å². The van der Waals surface area contributed by atoms with E-state index in [1.165, 1.54) is 0 Å². The second kappa shape index (κ2) is 8.31. The number of hydrogen-bond donors (Lipinski definition) is 2. The van der Waals surface area contributed by atoms with Crippen molar-refractivity contribution < 1.29 is 53.1 Å². The summed E-state index contributed by atoms with van der Waals surface area (Å²) in [5.41, 5.74) is -4.48. The Hall–Kier alpha value is -2.37. The number of aliphatic hydroxyl groups excluding tert-OH is 2. The van der Waals surface area contributed by atoms with Crippen LogP contribution in [0.3, 0.4) is 0 Å². The monoisotopic (exact) mass is 522 g/mol. The van der Waals surface area contributed by atoms with Gasteiger partial charge in [0.25, 0.3) is 0 Å². The molecule has 3 aliphatic carbocycles. The number of rotatable bonds is 4. The maximum absolute atomic E-state index is 13.4. The van der Waals surface area contributed by atoms with Crippen LogP contribution in [0.15, 0.2) is 0 Å². The zero-order valence-corrected chi connectivity index (χ0v) is 21.6. The third-order valence-corrected chi connectivity index (χ3v) is 9.88. The van der Waals surface area contributed by atoms with Gasteiger partial charge in [0.05, 0.1) is 25.7 Å². The van der Waals surface area contributed by atoms with Crippen LogP contribution in [0.4, 0.5) is 0 Å². The first-order chi connectivity index (χ1) is 17.3. The van der Waals surface area contributed by atoms with Crippen molar-refractivity contribution in [1.82, 2.24) is 0 Å². The SMILES string of the molecule is COC(=O)C12OC[C@]34[C@H]([C@@H](O)[C@@H]1O)[C@@]1(C)CC(=O)C(=O)C(C)[C@@H]1C[C@H]3OC(=O)[C@H](OC(=O)CC(C)C)[C@@H]24. The van der Waals surface area contributed by atoms with Gasteiger partial charge < -0.3 is 29.2 Å². The molecule has 2 aliphatic heterocycles. The third-order valence-electron chi connectivity index (χ3n) is 9.88. The summed E-state index contributed by atoms with van der Waals surface area (Å²) in [6.07, 6.45) is -5.94. The molecule has 0 aromatic carbocycles. The van der Waals surface area contributed by atoms with Gasteiger partial charge in [0, 0.05) is 30.1 Å². The summed E-state index contributed by atoms with van der Waals surface area (Å²) in [6, 6.07) is 0. The first-order valence-electron chi connectivity index (χ1n) is 12.8. The molecule has 3 saturated carbocycles. The van der Waals surface area contributed by atoms with Crippen molar-refractivity contribution in [3.05, 3.63) is 0 Å². The second-order valence-corrected chi connectivity index (χ2v) is 12.1. The Morgan fingerprint density at radius 1 is 1.16 bits per heavy atom.